The van der Waals surface area contributed by atoms with Crippen LogP contribution in [0.2, 0.25) is 0 Å². The normalized spacial score (nSPS) is 10.7. The molecule has 29 heavy (non-hydrogen) atoms. The number of benzene rings is 2. The Morgan fingerprint density at radius 2 is 1.72 bits per heavy atom. The highest BCUT2D eigenvalue weighted by molar-refractivity contribution is 5.65. The maximum absolute atomic E-state index is 9.48. The first-order valence-corrected chi connectivity index (χ1v) is 10.1. The number of aryl methyl sites for hydroxylation is 2. The molecule has 2 aromatic rings. The average molecular weight is 388 g/mol. The van der Waals surface area contributed by atoms with Crippen LogP contribution < -0.4 is 4.90 Å². The van der Waals surface area contributed by atoms with Crippen LogP contribution in [0.4, 0.5) is 5.69 Å². The van der Waals surface area contributed by atoms with Crippen LogP contribution in [0, 0.1) is 25.2 Å². The van der Waals surface area contributed by atoms with E-state index in [1.807, 2.05) is 31.2 Å². The number of hydrogen-bond donors (Lipinski definition) is 0. The average Bonchev–Trinajstić information content (AvgIpc) is 2.66. The fourth-order valence-electron chi connectivity index (χ4n) is 3.64. The minimum absolute atomic E-state index is 0.705. The summed E-state index contributed by atoms with van der Waals surface area (Å²) in [7, 11) is 2.15. The molecule has 0 aliphatic heterocycles. The van der Waals surface area contributed by atoms with Gasteiger partial charge in [0.15, 0.2) is 0 Å². The van der Waals surface area contributed by atoms with Crippen LogP contribution in [0.1, 0.15) is 41.7 Å². The SMILES string of the molecule is C=C(C)CN(CCN(C)Cc1cc(C(=C)C)c(C)cc1C)c1ccccc1C#N. The van der Waals surface area contributed by atoms with Crippen molar-refractivity contribution in [2.45, 2.75) is 34.2 Å². The number of likely N-dealkylation sites (N-methyl/N-ethyl adjacent to an activating group) is 1. The van der Waals surface area contributed by atoms with Gasteiger partial charge in [-0.25, -0.2) is 0 Å². The predicted molar refractivity (Wildman–Crippen MR) is 125 cm³/mol. The molecule has 0 radical (unpaired) electrons. The largest absolute Gasteiger partial charge is 0.365 e. The molecule has 0 aliphatic carbocycles. The lowest BCUT2D eigenvalue weighted by Gasteiger charge is -2.29. The second kappa shape index (κ2) is 10.1. The van der Waals surface area contributed by atoms with Crippen LogP contribution in [-0.4, -0.2) is 31.6 Å². The van der Waals surface area contributed by atoms with Gasteiger partial charge in [-0.15, -0.1) is 0 Å². The summed E-state index contributed by atoms with van der Waals surface area (Å²) in [5.74, 6) is 0. The molecule has 2 rings (SSSR count). The molecule has 152 valence electrons. The Bertz CT molecular complexity index is 933. The summed E-state index contributed by atoms with van der Waals surface area (Å²) in [6, 6.07) is 14.6. The molecule has 0 unspecified atom stereocenters. The van der Waals surface area contributed by atoms with Crippen molar-refractivity contribution < 1.29 is 0 Å². The Kier molecular flexibility index (Phi) is 7.82. The van der Waals surface area contributed by atoms with E-state index in [9.17, 15) is 5.26 Å². The zero-order valence-electron chi connectivity index (χ0n) is 18.5. The number of nitrogens with zero attached hydrogens (tertiary/aromatic N) is 3. The van der Waals surface area contributed by atoms with Gasteiger partial charge in [-0.05, 0) is 75.2 Å². The third-order valence-corrected chi connectivity index (χ3v) is 5.16. The minimum atomic E-state index is 0.705. The maximum Gasteiger partial charge on any atom is 0.101 e. The van der Waals surface area contributed by atoms with Crippen molar-refractivity contribution in [1.82, 2.24) is 4.90 Å². The number of hydrogen-bond acceptors (Lipinski definition) is 3. The molecule has 3 nitrogen and oxygen atoms in total. The van der Waals surface area contributed by atoms with E-state index < -0.39 is 0 Å². The second-order valence-electron chi connectivity index (χ2n) is 8.12. The monoisotopic (exact) mass is 387 g/mol. The lowest BCUT2D eigenvalue weighted by atomic mass is 9.96. The standard InChI is InChI=1S/C26H33N3/c1-19(2)17-29(26-11-9-8-10-23(26)16-27)13-12-28(7)18-24-15-25(20(3)4)22(6)14-21(24)5/h8-11,14-15H,1,3,12-13,17-18H2,2,4-7H3. The molecule has 0 spiro atoms. The van der Waals surface area contributed by atoms with E-state index in [-0.39, 0.29) is 0 Å². The molecule has 0 amide bonds. The van der Waals surface area contributed by atoms with E-state index in [4.69, 9.17) is 0 Å². The van der Waals surface area contributed by atoms with E-state index in [0.29, 0.717) is 5.56 Å². The summed E-state index contributed by atoms with van der Waals surface area (Å²) in [6.07, 6.45) is 0. The topological polar surface area (TPSA) is 30.3 Å². The van der Waals surface area contributed by atoms with Crippen molar-refractivity contribution in [2.24, 2.45) is 0 Å². The highest BCUT2D eigenvalue weighted by atomic mass is 15.2. The summed E-state index contributed by atoms with van der Waals surface area (Å²) >= 11 is 0. The molecule has 3 heteroatoms. The summed E-state index contributed by atoms with van der Waals surface area (Å²) in [4.78, 5) is 4.58. The van der Waals surface area contributed by atoms with Crippen LogP contribution in [0.3, 0.4) is 0 Å². The highest BCUT2D eigenvalue weighted by Gasteiger charge is 2.13. The molecule has 2 aromatic carbocycles. The van der Waals surface area contributed by atoms with Gasteiger partial charge in [0.25, 0.3) is 0 Å². The smallest absolute Gasteiger partial charge is 0.101 e. The Balaban J connectivity index is 2.14. The maximum atomic E-state index is 9.48. The lowest BCUT2D eigenvalue weighted by molar-refractivity contribution is 0.332. The zero-order valence-corrected chi connectivity index (χ0v) is 18.5. The van der Waals surface area contributed by atoms with E-state index in [1.54, 1.807) is 0 Å². The first-order chi connectivity index (χ1) is 13.7. The van der Waals surface area contributed by atoms with Gasteiger partial charge in [0.2, 0.25) is 0 Å². The fraction of sp³-hybridized carbons (Fsp3) is 0.346. The second-order valence-corrected chi connectivity index (χ2v) is 8.12. The number of anilines is 1. The summed E-state index contributed by atoms with van der Waals surface area (Å²) in [6.45, 7) is 20.0. The number of allylic oxidation sites excluding steroid dienone is 1. The van der Waals surface area contributed by atoms with Gasteiger partial charge in [0.05, 0.1) is 11.3 Å². The van der Waals surface area contributed by atoms with E-state index in [2.05, 4.69) is 69.0 Å². The van der Waals surface area contributed by atoms with Gasteiger partial charge < -0.3 is 9.80 Å². The van der Waals surface area contributed by atoms with Crippen LogP contribution in [0.25, 0.3) is 5.57 Å². The molecule has 0 N–H and O–H groups in total. The van der Waals surface area contributed by atoms with E-state index >= 15 is 0 Å². The molecular formula is C26H33N3. The van der Waals surface area contributed by atoms with Gasteiger partial charge in [-0.3, -0.25) is 0 Å². The van der Waals surface area contributed by atoms with Crippen molar-refractivity contribution in [2.75, 3.05) is 31.6 Å². The quantitative estimate of drug-likeness (QED) is 0.515. The van der Waals surface area contributed by atoms with Crippen LogP contribution in [0.15, 0.2) is 55.1 Å². The molecule has 0 aromatic heterocycles. The van der Waals surface area contributed by atoms with E-state index in [1.165, 1.54) is 22.3 Å². The first-order valence-electron chi connectivity index (χ1n) is 10.1. The molecule has 0 heterocycles. The highest BCUT2D eigenvalue weighted by Crippen LogP contribution is 2.23. The third-order valence-electron chi connectivity index (χ3n) is 5.16. The van der Waals surface area contributed by atoms with Gasteiger partial charge in [0, 0.05) is 26.2 Å². The van der Waals surface area contributed by atoms with Gasteiger partial charge in [-0.2, -0.15) is 5.26 Å². The Hall–Kier alpha value is -2.83. The van der Waals surface area contributed by atoms with Crippen LogP contribution >= 0.6 is 0 Å². The Morgan fingerprint density at radius 3 is 2.34 bits per heavy atom. The number of rotatable bonds is 9. The Labute approximate surface area is 176 Å². The summed E-state index contributed by atoms with van der Waals surface area (Å²) in [5, 5.41) is 9.48. The summed E-state index contributed by atoms with van der Waals surface area (Å²) in [5.41, 5.74) is 9.04. The van der Waals surface area contributed by atoms with Gasteiger partial charge in [-0.1, -0.05) is 42.5 Å². The fourth-order valence-corrected chi connectivity index (χ4v) is 3.64. The zero-order chi connectivity index (χ0) is 21.6. The minimum Gasteiger partial charge on any atom is -0.365 e. The number of para-hydroxylation sites is 1. The third kappa shape index (κ3) is 6.07. The molecule has 0 saturated heterocycles. The molecule has 0 saturated carbocycles. The Morgan fingerprint density at radius 1 is 1.03 bits per heavy atom. The molecule has 0 bridgehead atoms. The molecule has 0 atom stereocenters. The predicted octanol–water partition coefficient (Wildman–Crippen LogP) is 5.72. The van der Waals surface area contributed by atoms with Crippen molar-refractivity contribution in [1.29, 1.82) is 5.26 Å². The van der Waals surface area contributed by atoms with Gasteiger partial charge >= 0.3 is 0 Å². The molecule has 0 aliphatic rings. The van der Waals surface area contributed by atoms with Crippen LogP contribution in [0.5, 0.6) is 0 Å². The van der Waals surface area contributed by atoms with Crippen molar-refractivity contribution in [3.8, 4) is 6.07 Å². The first kappa shape index (κ1) is 22.5. The molecule has 0 fully saturated rings. The van der Waals surface area contributed by atoms with E-state index in [0.717, 1.165) is 43.0 Å². The van der Waals surface area contributed by atoms with Crippen LogP contribution in [-0.2, 0) is 6.54 Å². The van der Waals surface area contributed by atoms with Gasteiger partial charge in [0.1, 0.15) is 6.07 Å². The van der Waals surface area contributed by atoms with Crippen molar-refractivity contribution in [3.05, 3.63) is 82.9 Å². The summed E-state index contributed by atoms with van der Waals surface area (Å²) < 4.78 is 0. The van der Waals surface area contributed by atoms with Crippen molar-refractivity contribution in [3.63, 3.8) is 0 Å². The lowest BCUT2D eigenvalue weighted by Crippen LogP contribution is -2.34. The molecular weight excluding hydrogens is 354 g/mol. The number of nitriles is 1. The van der Waals surface area contributed by atoms with Crippen molar-refractivity contribution >= 4 is 11.3 Å².